The van der Waals surface area contributed by atoms with E-state index in [1.807, 2.05) is 6.92 Å². The zero-order chi connectivity index (χ0) is 13.7. The van der Waals surface area contributed by atoms with Crippen molar-refractivity contribution in [2.75, 3.05) is 18.6 Å². The van der Waals surface area contributed by atoms with Gasteiger partial charge < -0.3 is 15.2 Å². The summed E-state index contributed by atoms with van der Waals surface area (Å²) in [5, 5.41) is 9.89. The lowest BCUT2D eigenvalue weighted by Gasteiger charge is -2.10. The molecule has 0 aliphatic carbocycles. The van der Waals surface area contributed by atoms with Gasteiger partial charge in [0.05, 0.1) is 6.04 Å². The van der Waals surface area contributed by atoms with Gasteiger partial charge in [-0.15, -0.1) is 0 Å². The molecular formula is C12H20N4O2S. The molecule has 0 aromatic carbocycles. The van der Waals surface area contributed by atoms with E-state index in [0.29, 0.717) is 5.89 Å². The van der Waals surface area contributed by atoms with Crippen LogP contribution in [0.3, 0.4) is 0 Å². The van der Waals surface area contributed by atoms with Crippen molar-refractivity contribution >= 4 is 17.7 Å². The average Bonchev–Trinajstić information content (AvgIpc) is 3.05. The topological polar surface area (TPSA) is 80.0 Å². The SMILES string of the molecule is CSCCC(C)NC(=O)c1noc(C2CCCN2)n1. The minimum atomic E-state index is -0.262. The summed E-state index contributed by atoms with van der Waals surface area (Å²) >= 11 is 1.76. The fraction of sp³-hybridized carbons (Fsp3) is 0.750. The maximum Gasteiger partial charge on any atom is 0.292 e. The fourth-order valence-corrected chi connectivity index (χ4v) is 2.61. The van der Waals surface area contributed by atoms with E-state index in [1.54, 1.807) is 11.8 Å². The van der Waals surface area contributed by atoms with Crippen LogP contribution in [0.5, 0.6) is 0 Å². The van der Waals surface area contributed by atoms with E-state index < -0.39 is 0 Å². The molecule has 6 nitrogen and oxygen atoms in total. The zero-order valence-corrected chi connectivity index (χ0v) is 12.1. The number of thioether (sulfide) groups is 1. The van der Waals surface area contributed by atoms with Crippen molar-refractivity contribution in [1.29, 1.82) is 0 Å². The van der Waals surface area contributed by atoms with Crippen molar-refractivity contribution in [1.82, 2.24) is 20.8 Å². The number of rotatable bonds is 6. The molecule has 2 N–H and O–H groups in total. The lowest BCUT2D eigenvalue weighted by molar-refractivity contribution is 0.0926. The van der Waals surface area contributed by atoms with E-state index in [4.69, 9.17) is 4.52 Å². The van der Waals surface area contributed by atoms with E-state index in [0.717, 1.165) is 31.6 Å². The van der Waals surface area contributed by atoms with Gasteiger partial charge in [-0.05, 0) is 44.7 Å². The molecule has 1 aliphatic rings. The standard InChI is InChI=1S/C12H20N4O2S/c1-8(5-7-19-2)14-11(17)10-15-12(18-16-10)9-4-3-6-13-9/h8-9,13H,3-7H2,1-2H3,(H,14,17). The van der Waals surface area contributed by atoms with Crippen molar-refractivity contribution in [3.8, 4) is 0 Å². The summed E-state index contributed by atoms with van der Waals surface area (Å²) in [5.41, 5.74) is 0. The Hall–Kier alpha value is -1.08. The normalized spacial score (nSPS) is 20.4. The summed E-state index contributed by atoms with van der Waals surface area (Å²) in [5.74, 6) is 1.39. The van der Waals surface area contributed by atoms with Crippen molar-refractivity contribution < 1.29 is 9.32 Å². The molecule has 1 aromatic rings. The molecule has 19 heavy (non-hydrogen) atoms. The van der Waals surface area contributed by atoms with E-state index in [-0.39, 0.29) is 23.8 Å². The molecule has 7 heteroatoms. The van der Waals surface area contributed by atoms with Gasteiger partial charge in [0, 0.05) is 6.04 Å². The number of nitrogens with one attached hydrogen (secondary N) is 2. The Morgan fingerprint density at radius 1 is 1.68 bits per heavy atom. The Labute approximate surface area is 117 Å². The van der Waals surface area contributed by atoms with Gasteiger partial charge in [-0.25, -0.2) is 0 Å². The molecule has 1 aromatic heterocycles. The second-order valence-corrected chi connectivity index (χ2v) is 5.75. The third-order valence-corrected chi connectivity index (χ3v) is 3.78. The van der Waals surface area contributed by atoms with E-state index in [2.05, 4.69) is 27.0 Å². The molecule has 2 unspecified atom stereocenters. The molecule has 2 atom stereocenters. The summed E-state index contributed by atoms with van der Waals surface area (Å²) in [6, 6.07) is 0.217. The highest BCUT2D eigenvalue weighted by Crippen LogP contribution is 2.20. The molecule has 1 aliphatic heterocycles. The van der Waals surface area contributed by atoms with Gasteiger partial charge in [0.25, 0.3) is 11.7 Å². The van der Waals surface area contributed by atoms with Gasteiger partial charge in [0.2, 0.25) is 5.89 Å². The smallest absolute Gasteiger partial charge is 0.292 e. The van der Waals surface area contributed by atoms with Gasteiger partial charge in [-0.2, -0.15) is 16.7 Å². The van der Waals surface area contributed by atoms with Crippen LogP contribution in [0.4, 0.5) is 0 Å². The highest BCUT2D eigenvalue weighted by Gasteiger charge is 2.24. The van der Waals surface area contributed by atoms with Crippen LogP contribution in [0.25, 0.3) is 0 Å². The first-order valence-corrected chi connectivity index (χ1v) is 7.97. The third-order valence-electron chi connectivity index (χ3n) is 3.14. The Morgan fingerprint density at radius 2 is 2.53 bits per heavy atom. The number of aromatic nitrogens is 2. The number of carbonyl (C=O) groups is 1. The molecule has 106 valence electrons. The van der Waals surface area contributed by atoms with Crippen LogP contribution >= 0.6 is 11.8 Å². The van der Waals surface area contributed by atoms with Crippen molar-refractivity contribution in [3.05, 3.63) is 11.7 Å². The lowest BCUT2D eigenvalue weighted by atomic mass is 10.2. The molecular weight excluding hydrogens is 264 g/mol. The fourth-order valence-electron chi connectivity index (χ4n) is 2.02. The summed E-state index contributed by atoms with van der Waals surface area (Å²) in [6.07, 6.45) is 5.06. The van der Waals surface area contributed by atoms with Crippen LogP contribution < -0.4 is 10.6 Å². The summed E-state index contributed by atoms with van der Waals surface area (Å²) in [6.45, 7) is 2.94. The first kappa shape index (κ1) is 14.3. The number of nitrogens with zero attached hydrogens (tertiary/aromatic N) is 2. The predicted octanol–water partition coefficient (Wildman–Crippen LogP) is 1.37. The average molecular weight is 284 g/mol. The molecule has 0 saturated carbocycles. The van der Waals surface area contributed by atoms with Crippen LogP contribution in [0.15, 0.2) is 4.52 Å². The van der Waals surface area contributed by atoms with Crippen LogP contribution in [0.1, 0.15) is 48.7 Å². The molecule has 2 heterocycles. The zero-order valence-electron chi connectivity index (χ0n) is 11.3. The summed E-state index contributed by atoms with van der Waals surface area (Å²) < 4.78 is 5.14. The molecule has 0 bridgehead atoms. The van der Waals surface area contributed by atoms with Crippen LogP contribution in [-0.4, -0.2) is 40.6 Å². The van der Waals surface area contributed by atoms with Crippen molar-refractivity contribution in [3.63, 3.8) is 0 Å². The molecule has 1 fully saturated rings. The van der Waals surface area contributed by atoms with Gasteiger partial charge in [-0.1, -0.05) is 5.16 Å². The Kier molecular flexibility index (Phi) is 5.21. The Balaban J connectivity index is 1.88. The molecule has 2 rings (SSSR count). The van der Waals surface area contributed by atoms with E-state index in [1.165, 1.54) is 0 Å². The highest BCUT2D eigenvalue weighted by atomic mass is 32.2. The molecule has 1 amide bonds. The Morgan fingerprint density at radius 3 is 3.21 bits per heavy atom. The van der Waals surface area contributed by atoms with Crippen LogP contribution in [0, 0.1) is 0 Å². The highest BCUT2D eigenvalue weighted by molar-refractivity contribution is 7.98. The quantitative estimate of drug-likeness (QED) is 0.821. The van der Waals surface area contributed by atoms with Gasteiger partial charge >= 0.3 is 0 Å². The second-order valence-electron chi connectivity index (χ2n) is 4.76. The molecule has 0 radical (unpaired) electrons. The number of amides is 1. The van der Waals surface area contributed by atoms with Crippen molar-refractivity contribution in [2.24, 2.45) is 0 Å². The monoisotopic (exact) mass is 284 g/mol. The number of hydrogen-bond donors (Lipinski definition) is 2. The van der Waals surface area contributed by atoms with Gasteiger partial charge in [0.1, 0.15) is 0 Å². The predicted molar refractivity (Wildman–Crippen MR) is 74.2 cm³/mol. The minimum absolute atomic E-state index is 0.1000. The summed E-state index contributed by atoms with van der Waals surface area (Å²) in [4.78, 5) is 16.1. The number of hydrogen-bond acceptors (Lipinski definition) is 6. The molecule has 0 spiro atoms. The second kappa shape index (κ2) is 6.91. The lowest BCUT2D eigenvalue weighted by Crippen LogP contribution is -2.33. The van der Waals surface area contributed by atoms with Crippen LogP contribution in [0.2, 0.25) is 0 Å². The third kappa shape index (κ3) is 3.94. The van der Waals surface area contributed by atoms with E-state index in [9.17, 15) is 4.79 Å². The first-order chi connectivity index (χ1) is 9.20. The first-order valence-electron chi connectivity index (χ1n) is 6.57. The van der Waals surface area contributed by atoms with Gasteiger partial charge in [0.15, 0.2) is 0 Å². The largest absolute Gasteiger partial charge is 0.347 e. The number of carbonyl (C=O) groups excluding carboxylic acids is 1. The van der Waals surface area contributed by atoms with E-state index >= 15 is 0 Å². The maximum atomic E-state index is 11.9. The van der Waals surface area contributed by atoms with Crippen LogP contribution in [-0.2, 0) is 0 Å². The summed E-state index contributed by atoms with van der Waals surface area (Å²) in [7, 11) is 0. The maximum absolute atomic E-state index is 11.9. The minimum Gasteiger partial charge on any atom is -0.347 e. The van der Waals surface area contributed by atoms with Gasteiger partial charge in [-0.3, -0.25) is 4.79 Å². The van der Waals surface area contributed by atoms with Crippen molar-refractivity contribution in [2.45, 2.75) is 38.3 Å². The Bertz CT molecular complexity index is 418. The molecule has 1 saturated heterocycles.